The summed E-state index contributed by atoms with van der Waals surface area (Å²) in [5.41, 5.74) is 0.148. The van der Waals surface area contributed by atoms with Crippen molar-refractivity contribution in [1.82, 2.24) is 9.55 Å². The van der Waals surface area contributed by atoms with Crippen molar-refractivity contribution in [3.05, 3.63) is 71.9 Å². The number of nitrogens with one attached hydrogen (secondary N) is 1. The normalized spacial score (nSPS) is 11.9. The molecule has 1 atom stereocenters. The molecule has 10 heteroatoms. The third-order valence-corrected chi connectivity index (χ3v) is 5.19. The lowest BCUT2D eigenvalue weighted by atomic mass is 10.1. The second kappa shape index (κ2) is 11.7. The van der Waals surface area contributed by atoms with E-state index in [4.69, 9.17) is 14.2 Å². The molecule has 0 spiro atoms. The van der Waals surface area contributed by atoms with Gasteiger partial charge in [0.05, 0.1) is 6.61 Å². The van der Waals surface area contributed by atoms with Crippen LogP contribution < -0.4 is 10.2 Å². The number of nitrogens with zero attached hydrogens (tertiary/aromatic N) is 3. The van der Waals surface area contributed by atoms with Crippen molar-refractivity contribution in [3.8, 4) is 5.69 Å². The predicted octanol–water partition coefficient (Wildman–Crippen LogP) is 3.76. The Hall–Kier alpha value is -4.18. The van der Waals surface area contributed by atoms with Gasteiger partial charge in [-0.1, -0.05) is 48.5 Å². The molecule has 0 aliphatic heterocycles. The lowest BCUT2D eigenvalue weighted by molar-refractivity contribution is -0.152. The van der Waals surface area contributed by atoms with Crippen molar-refractivity contribution in [2.45, 2.75) is 32.5 Å². The van der Waals surface area contributed by atoms with Crippen LogP contribution in [0, 0.1) is 0 Å². The minimum absolute atomic E-state index is 0.00191. The highest BCUT2D eigenvalue weighted by molar-refractivity contribution is 6.02. The Morgan fingerprint density at radius 2 is 1.62 bits per heavy atom. The van der Waals surface area contributed by atoms with Crippen molar-refractivity contribution in [1.29, 1.82) is 0 Å². The molecule has 3 rings (SSSR count). The van der Waals surface area contributed by atoms with Gasteiger partial charge in [0.15, 0.2) is 11.5 Å². The van der Waals surface area contributed by atoms with Crippen LogP contribution in [0.1, 0.15) is 42.9 Å². The highest BCUT2D eigenvalue weighted by atomic mass is 16.6. The van der Waals surface area contributed by atoms with E-state index in [-0.39, 0.29) is 18.1 Å². The zero-order valence-corrected chi connectivity index (χ0v) is 21.8. The number of hydrogen-bond acceptors (Lipinski definition) is 8. The number of para-hydroxylation sites is 1. The average molecular weight is 509 g/mol. The lowest BCUT2D eigenvalue weighted by Gasteiger charge is -2.25. The first-order valence-electron chi connectivity index (χ1n) is 11.6. The molecule has 1 amide bonds. The van der Waals surface area contributed by atoms with Crippen LogP contribution in [0.5, 0.6) is 0 Å². The van der Waals surface area contributed by atoms with E-state index in [1.807, 2.05) is 30.3 Å². The molecule has 10 nitrogen and oxygen atoms in total. The van der Waals surface area contributed by atoms with Gasteiger partial charge in [-0.05, 0) is 26.0 Å². The molecule has 0 fully saturated rings. The zero-order valence-electron chi connectivity index (χ0n) is 21.8. The topological polar surface area (TPSA) is 112 Å². The molecule has 2 aromatic carbocycles. The van der Waals surface area contributed by atoms with E-state index in [1.54, 1.807) is 67.7 Å². The zero-order chi connectivity index (χ0) is 27.2. The van der Waals surface area contributed by atoms with Gasteiger partial charge in [-0.3, -0.25) is 14.2 Å². The molecule has 1 N–H and O–H groups in total. The quantitative estimate of drug-likeness (QED) is 0.412. The van der Waals surface area contributed by atoms with E-state index in [0.29, 0.717) is 17.2 Å². The number of ether oxygens (including phenoxy) is 3. The van der Waals surface area contributed by atoms with Gasteiger partial charge in [0, 0.05) is 39.4 Å². The van der Waals surface area contributed by atoms with Gasteiger partial charge >= 0.3 is 11.9 Å². The fourth-order valence-corrected chi connectivity index (χ4v) is 3.73. The summed E-state index contributed by atoms with van der Waals surface area (Å²) in [6.45, 7) is 4.81. The van der Waals surface area contributed by atoms with E-state index in [9.17, 15) is 14.4 Å². The minimum atomic E-state index is -1.25. The van der Waals surface area contributed by atoms with Gasteiger partial charge in [-0.15, -0.1) is 0 Å². The average Bonchev–Trinajstić information content (AvgIpc) is 3.22. The molecule has 1 unspecified atom stereocenters. The van der Waals surface area contributed by atoms with Gasteiger partial charge in [-0.2, -0.15) is 4.98 Å². The van der Waals surface area contributed by atoms with Gasteiger partial charge in [0.2, 0.25) is 12.1 Å². The van der Waals surface area contributed by atoms with Crippen LogP contribution in [0.15, 0.2) is 60.7 Å². The monoisotopic (exact) mass is 508 g/mol. The number of hydrogen-bond donors (Lipinski definition) is 1. The van der Waals surface area contributed by atoms with E-state index in [0.717, 1.165) is 0 Å². The summed E-state index contributed by atoms with van der Waals surface area (Å²) in [4.78, 5) is 45.1. The lowest BCUT2D eigenvalue weighted by Crippen LogP contribution is -2.34. The summed E-state index contributed by atoms with van der Waals surface area (Å²) < 4.78 is 17.9. The Kier molecular flexibility index (Phi) is 8.67. The highest BCUT2D eigenvalue weighted by Crippen LogP contribution is 2.30. The van der Waals surface area contributed by atoms with Gasteiger partial charge < -0.3 is 24.4 Å². The third-order valence-electron chi connectivity index (χ3n) is 5.19. The predicted molar refractivity (Wildman–Crippen MR) is 139 cm³/mol. The van der Waals surface area contributed by atoms with Crippen molar-refractivity contribution in [2.75, 3.05) is 38.0 Å². The summed E-state index contributed by atoms with van der Waals surface area (Å²) in [5.74, 6) is -1.68. The standard InChI is InChI=1S/C27H32N4O6/c1-18(32)36-22(19-13-9-7-10-14-19)24(33)28-23-21(25(34)37-27(2,3)17-35-6)31(26(29-23)30(4)5)20-15-11-8-12-16-20/h7-16,22H,17H2,1-6H3,(H,28,33). The van der Waals surface area contributed by atoms with Crippen molar-refractivity contribution in [2.24, 2.45) is 0 Å². The number of imidazole rings is 1. The molecule has 0 aliphatic rings. The molecule has 1 heterocycles. The molecule has 37 heavy (non-hydrogen) atoms. The van der Waals surface area contributed by atoms with Crippen LogP contribution >= 0.6 is 0 Å². The smallest absolute Gasteiger partial charge is 0.359 e. The maximum Gasteiger partial charge on any atom is 0.359 e. The number of methoxy groups -OCH3 is 1. The summed E-state index contributed by atoms with van der Waals surface area (Å²) in [6, 6.07) is 17.7. The highest BCUT2D eigenvalue weighted by Gasteiger charge is 2.33. The fourth-order valence-electron chi connectivity index (χ4n) is 3.73. The first-order chi connectivity index (χ1) is 17.5. The number of carbonyl (C=O) groups excluding carboxylic acids is 3. The Bertz CT molecular complexity index is 1240. The molecule has 0 saturated carbocycles. The Morgan fingerprint density at radius 3 is 2.16 bits per heavy atom. The molecular weight excluding hydrogens is 476 g/mol. The first-order valence-corrected chi connectivity index (χ1v) is 11.6. The van der Waals surface area contributed by atoms with Crippen molar-refractivity contribution < 1.29 is 28.6 Å². The van der Waals surface area contributed by atoms with E-state index < -0.39 is 29.6 Å². The largest absolute Gasteiger partial charge is 0.452 e. The van der Waals surface area contributed by atoms with Gasteiger partial charge in [0.25, 0.3) is 5.91 Å². The maximum atomic E-state index is 13.6. The summed E-state index contributed by atoms with van der Waals surface area (Å²) >= 11 is 0. The summed E-state index contributed by atoms with van der Waals surface area (Å²) in [6.07, 6.45) is -1.25. The van der Waals surface area contributed by atoms with Crippen LogP contribution in [0.4, 0.5) is 11.8 Å². The molecule has 0 aliphatic carbocycles. The summed E-state index contributed by atoms with van der Waals surface area (Å²) in [5, 5.41) is 2.69. The van der Waals surface area contributed by atoms with Gasteiger partial charge in [-0.25, -0.2) is 4.79 Å². The van der Waals surface area contributed by atoms with Crippen LogP contribution in [0.25, 0.3) is 5.69 Å². The number of anilines is 2. The van der Waals surface area contributed by atoms with Crippen LogP contribution in [-0.2, 0) is 23.8 Å². The van der Waals surface area contributed by atoms with E-state index in [2.05, 4.69) is 10.3 Å². The molecule has 0 saturated heterocycles. The van der Waals surface area contributed by atoms with Crippen LogP contribution in [0.3, 0.4) is 0 Å². The molecule has 0 radical (unpaired) electrons. The van der Waals surface area contributed by atoms with Crippen molar-refractivity contribution >= 4 is 29.6 Å². The number of benzene rings is 2. The summed E-state index contributed by atoms with van der Waals surface area (Å²) in [7, 11) is 5.05. The molecule has 1 aromatic heterocycles. The second-order valence-corrected chi connectivity index (χ2v) is 9.15. The number of esters is 2. The van der Waals surface area contributed by atoms with Crippen molar-refractivity contribution in [3.63, 3.8) is 0 Å². The SMILES string of the molecule is COCC(C)(C)OC(=O)c1c(NC(=O)C(OC(C)=O)c2ccccc2)nc(N(C)C)n1-c1ccccc1. The Morgan fingerprint density at radius 1 is 1.03 bits per heavy atom. The molecule has 3 aromatic rings. The van der Waals surface area contributed by atoms with Crippen LogP contribution in [0.2, 0.25) is 0 Å². The number of carbonyl (C=O) groups is 3. The van der Waals surface area contributed by atoms with E-state index >= 15 is 0 Å². The molecule has 0 bridgehead atoms. The maximum absolute atomic E-state index is 13.6. The van der Waals surface area contributed by atoms with Gasteiger partial charge in [0.1, 0.15) is 5.60 Å². The first kappa shape index (κ1) is 27.4. The Balaban J connectivity index is 2.13. The van der Waals surface area contributed by atoms with E-state index in [1.165, 1.54) is 14.0 Å². The fraction of sp³-hybridized carbons (Fsp3) is 0.333. The second-order valence-electron chi connectivity index (χ2n) is 9.15. The Labute approximate surface area is 216 Å². The molecule has 196 valence electrons. The molecular formula is C27H32N4O6. The minimum Gasteiger partial charge on any atom is -0.452 e. The third kappa shape index (κ3) is 6.73. The number of rotatable bonds is 10. The number of amides is 1. The number of aromatic nitrogens is 2. The van der Waals surface area contributed by atoms with Crippen LogP contribution in [-0.4, -0.2) is 60.8 Å².